The predicted octanol–water partition coefficient (Wildman–Crippen LogP) is 3.21. The van der Waals surface area contributed by atoms with Crippen LogP contribution < -0.4 is 10.2 Å². The first-order chi connectivity index (χ1) is 15.2. The molecule has 4 heterocycles. The molecule has 0 bridgehead atoms. The molecule has 1 fully saturated rings. The number of carbonyl (C=O) groups excluding carboxylic acids is 1. The van der Waals surface area contributed by atoms with Crippen LogP contribution in [0.25, 0.3) is 11.0 Å². The van der Waals surface area contributed by atoms with Gasteiger partial charge in [-0.2, -0.15) is 4.98 Å². The van der Waals surface area contributed by atoms with Crippen molar-refractivity contribution in [3.63, 3.8) is 0 Å². The van der Waals surface area contributed by atoms with Gasteiger partial charge >= 0.3 is 0 Å². The molecule has 2 unspecified atom stereocenters. The minimum absolute atomic E-state index is 0.0606. The van der Waals surface area contributed by atoms with Gasteiger partial charge in [-0.25, -0.2) is 19.3 Å². The van der Waals surface area contributed by atoms with Crippen molar-refractivity contribution in [2.75, 3.05) is 23.3 Å². The molecule has 1 aliphatic heterocycles. The highest BCUT2D eigenvalue weighted by molar-refractivity contribution is 5.79. The van der Waals surface area contributed by atoms with E-state index in [0.717, 1.165) is 16.9 Å². The highest BCUT2D eigenvalue weighted by atomic mass is 19.1. The third-order valence-corrected chi connectivity index (χ3v) is 5.59. The fraction of sp³-hybridized carbons (Fsp3) is 0.500. The topological polar surface area (TPSA) is 109 Å². The standard InChI is InChI=1S/C21H28FN7O.CH2O/c1-12(2)29-13(3)25-15-9-24-18(8-16(15)29)26-17-6-7-23-20(27-17)28-10-14(22)19(30)21(4,5)11-28;1-2/h6-9,12,14,19,30H,10-11H2,1-5H3,(H,23,24,26,27);1H2. The van der Waals surface area contributed by atoms with Gasteiger partial charge in [0.1, 0.15) is 35.9 Å². The Balaban J connectivity index is 0.00000141. The molecule has 10 heteroatoms. The minimum Gasteiger partial charge on any atom is -0.389 e. The summed E-state index contributed by atoms with van der Waals surface area (Å²) in [7, 11) is 0. The summed E-state index contributed by atoms with van der Waals surface area (Å²) < 4.78 is 16.5. The smallest absolute Gasteiger partial charge is 0.227 e. The Morgan fingerprint density at radius 2 is 1.97 bits per heavy atom. The van der Waals surface area contributed by atoms with Crippen molar-refractivity contribution in [3.8, 4) is 0 Å². The number of hydrogen-bond donors (Lipinski definition) is 2. The summed E-state index contributed by atoms with van der Waals surface area (Å²) in [6.45, 7) is 12.4. The predicted molar refractivity (Wildman–Crippen MR) is 122 cm³/mol. The van der Waals surface area contributed by atoms with Crippen LogP contribution in [-0.4, -0.2) is 61.8 Å². The first-order valence-corrected chi connectivity index (χ1v) is 10.5. The molecule has 0 aliphatic carbocycles. The van der Waals surface area contributed by atoms with Gasteiger partial charge in [-0.05, 0) is 26.8 Å². The second-order valence-electron chi connectivity index (χ2n) is 8.88. The van der Waals surface area contributed by atoms with E-state index in [0.29, 0.717) is 24.1 Å². The summed E-state index contributed by atoms with van der Waals surface area (Å²) in [4.78, 5) is 27.7. The van der Waals surface area contributed by atoms with Crippen LogP contribution in [0, 0.1) is 12.3 Å². The molecule has 3 aromatic heterocycles. The van der Waals surface area contributed by atoms with Crippen LogP contribution in [0.3, 0.4) is 0 Å². The maximum atomic E-state index is 14.3. The molecule has 4 rings (SSSR count). The number of alkyl halides is 1. The molecule has 1 saturated heterocycles. The Hall–Kier alpha value is -3.14. The number of fused-ring (bicyclic) bond motifs is 1. The number of aromatic nitrogens is 5. The van der Waals surface area contributed by atoms with Crippen LogP contribution in [0.4, 0.5) is 22.0 Å². The van der Waals surface area contributed by atoms with Crippen LogP contribution in [0.2, 0.25) is 0 Å². The normalized spacial score (nSPS) is 20.2. The van der Waals surface area contributed by atoms with E-state index in [-0.39, 0.29) is 12.6 Å². The Morgan fingerprint density at radius 1 is 1.25 bits per heavy atom. The summed E-state index contributed by atoms with van der Waals surface area (Å²) in [5.41, 5.74) is 1.25. The van der Waals surface area contributed by atoms with E-state index in [1.54, 1.807) is 23.4 Å². The molecule has 0 radical (unpaired) electrons. The fourth-order valence-electron chi connectivity index (χ4n) is 4.14. The molecule has 0 amide bonds. The number of halogens is 1. The van der Waals surface area contributed by atoms with Crippen molar-refractivity contribution in [2.45, 2.75) is 52.9 Å². The molecule has 0 spiro atoms. The van der Waals surface area contributed by atoms with E-state index >= 15 is 0 Å². The number of nitrogens with zero attached hydrogens (tertiary/aromatic N) is 6. The van der Waals surface area contributed by atoms with Crippen molar-refractivity contribution in [2.24, 2.45) is 5.41 Å². The maximum absolute atomic E-state index is 14.3. The fourth-order valence-corrected chi connectivity index (χ4v) is 4.14. The van der Waals surface area contributed by atoms with Gasteiger partial charge < -0.3 is 24.7 Å². The van der Waals surface area contributed by atoms with E-state index < -0.39 is 17.7 Å². The summed E-state index contributed by atoms with van der Waals surface area (Å²) in [5.74, 6) is 2.58. The van der Waals surface area contributed by atoms with Gasteiger partial charge in [0.25, 0.3) is 0 Å². The third kappa shape index (κ3) is 4.55. The number of nitrogens with one attached hydrogen (secondary N) is 1. The lowest BCUT2D eigenvalue weighted by atomic mass is 9.80. The number of carbonyl (C=O) groups is 1. The van der Waals surface area contributed by atoms with Gasteiger partial charge in [-0.3, -0.25) is 0 Å². The third-order valence-electron chi connectivity index (χ3n) is 5.59. The van der Waals surface area contributed by atoms with E-state index in [9.17, 15) is 9.50 Å². The zero-order chi connectivity index (χ0) is 23.6. The van der Waals surface area contributed by atoms with Crippen LogP contribution in [0.5, 0.6) is 0 Å². The minimum atomic E-state index is -1.35. The number of pyridine rings is 1. The molecule has 172 valence electrons. The van der Waals surface area contributed by atoms with E-state index in [1.165, 1.54) is 0 Å². The lowest BCUT2D eigenvalue weighted by Crippen LogP contribution is -2.55. The Kier molecular flexibility index (Phi) is 6.73. The summed E-state index contributed by atoms with van der Waals surface area (Å²) >= 11 is 0. The Labute approximate surface area is 186 Å². The van der Waals surface area contributed by atoms with Gasteiger partial charge in [0.05, 0.1) is 24.4 Å². The monoisotopic (exact) mass is 443 g/mol. The molecule has 1 aliphatic rings. The number of hydrogen-bond acceptors (Lipinski definition) is 8. The second-order valence-corrected chi connectivity index (χ2v) is 8.88. The average molecular weight is 444 g/mol. The van der Waals surface area contributed by atoms with Crippen molar-refractivity contribution in [3.05, 3.63) is 30.4 Å². The highest BCUT2D eigenvalue weighted by Crippen LogP contribution is 2.33. The quantitative estimate of drug-likeness (QED) is 0.633. The number of aliphatic hydroxyl groups excluding tert-OH is 1. The molecule has 32 heavy (non-hydrogen) atoms. The molecular weight excluding hydrogens is 413 g/mol. The molecule has 3 aromatic rings. The van der Waals surface area contributed by atoms with Crippen molar-refractivity contribution >= 4 is 35.4 Å². The second kappa shape index (κ2) is 9.15. The van der Waals surface area contributed by atoms with Crippen LogP contribution >= 0.6 is 0 Å². The van der Waals surface area contributed by atoms with Crippen molar-refractivity contribution in [1.82, 2.24) is 24.5 Å². The highest BCUT2D eigenvalue weighted by Gasteiger charge is 2.42. The Morgan fingerprint density at radius 3 is 2.62 bits per heavy atom. The lowest BCUT2D eigenvalue weighted by Gasteiger charge is -2.43. The maximum Gasteiger partial charge on any atom is 0.227 e. The van der Waals surface area contributed by atoms with Crippen molar-refractivity contribution in [1.29, 1.82) is 0 Å². The van der Waals surface area contributed by atoms with Gasteiger partial charge in [0.15, 0.2) is 0 Å². The molecule has 2 N–H and O–H groups in total. The van der Waals surface area contributed by atoms with Crippen molar-refractivity contribution < 1.29 is 14.3 Å². The van der Waals surface area contributed by atoms with Gasteiger partial charge in [0, 0.05) is 30.3 Å². The van der Waals surface area contributed by atoms with Crippen LogP contribution in [0.15, 0.2) is 24.5 Å². The summed E-state index contributed by atoms with van der Waals surface area (Å²) in [6, 6.07) is 3.98. The van der Waals surface area contributed by atoms with Gasteiger partial charge in [-0.15, -0.1) is 0 Å². The van der Waals surface area contributed by atoms with Gasteiger partial charge in [-0.1, -0.05) is 13.8 Å². The SMILES string of the molecule is C=O.Cc1nc2cnc(Nc3ccnc(N4CC(F)C(O)C(C)(C)C4)n3)cc2n1C(C)C. The summed E-state index contributed by atoms with van der Waals surface area (Å²) in [5, 5.41) is 13.3. The van der Waals surface area contributed by atoms with Crippen LogP contribution in [-0.2, 0) is 4.79 Å². The lowest BCUT2D eigenvalue weighted by molar-refractivity contribution is -0.0980. The number of aryl methyl sites for hydroxylation is 1. The molecular formula is C22H30FN7O2. The summed E-state index contributed by atoms with van der Waals surface area (Å²) in [6.07, 6.45) is 1.03. The van der Waals surface area contributed by atoms with E-state index in [1.807, 2.05) is 33.6 Å². The molecule has 2 atom stereocenters. The average Bonchev–Trinajstić information content (AvgIpc) is 3.08. The number of imidazole rings is 1. The van der Waals surface area contributed by atoms with Gasteiger partial charge in [0.2, 0.25) is 5.95 Å². The number of aliphatic hydroxyl groups is 1. The largest absolute Gasteiger partial charge is 0.389 e. The number of rotatable bonds is 4. The number of piperidine rings is 1. The zero-order valence-corrected chi connectivity index (χ0v) is 19.1. The Bertz CT molecular complexity index is 1090. The molecule has 0 aromatic carbocycles. The van der Waals surface area contributed by atoms with E-state index in [4.69, 9.17) is 4.79 Å². The zero-order valence-electron chi connectivity index (χ0n) is 19.1. The van der Waals surface area contributed by atoms with E-state index in [2.05, 4.69) is 43.7 Å². The van der Waals surface area contributed by atoms with Crippen LogP contribution in [0.1, 0.15) is 39.6 Å². The molecule has 9 nitrogen and oxygen atoms in total. The molecule has 0 saturated carbocycles. The first-order valence-electron chi connectivity index (χ1n) is 10.5. The first kappa shape index (κ1) is 23.5. The number of anilines is 3.